The normalized spacial score (nSPS) is 10.8. The van der Waals surface area contributed by atoms with E-state index in [1.54, 1.807) is 6.07 Å². The Morgan fingerprint density at radius 1 is 0.774 bits per heavy atom. The Hall–Kier alpha value is -2.51. The van der Waals surface area contributed by atoms with Crippen LogP contribution >= 0.6 is 22.6 Å². The number of ether oxygens (including phenoxy) is 2. The Bertz CT molecular complexity index is 1100. The topological polar surface area (TPSA) is 18.5 Å². The average Bonchev–Trinajstić information content (AvgIpc) is 2.80. The zero-order valence-electron chi connectivity index (χ0n) is 16.9. The number of halogens is 2. The number of methoxy groups -OCH3 is 1. The average molecular weight is 543 g/mol. The lowest BCUT2D eigenvalue weighted by atomic mass is 10.2. The molecule has 2 nitrogen and oxygen atoms in total. The van der Waals surface area contributed by atoms with Gasteiger partial charge in [-0.1, -0.05) is 48.5 Å². The fourth-order valence-electron chi connectivity index (χ4n) is 3.23. The molecule has 0 heterocycles. The molecule has 0 saturated carbocycles. The molecule has 0 N–H and O–H groups in total. The van der Waals surface area contributed by atoms with Crippen LogP contribution in [0.4, 0.5) is 4.39 Å². The van der Waals surface area contributed by atoms with Crippen molar-refractivity contribution in [3.8, 4) is 11.5 Å². The molecule has 5 heteroatoms. The zero-order chi connectivity index (χ0) is 21.6. The molecule has 4 rings (SSSR count). The maximum Gasteiger partial charge on any atom is 0.197 e. The molecular weight excluding hydrogens is 522 g/mol. The van der Waals surface area contributed by atoms with E-state index < -0.39 is 16.7 Å². The van der Waals surface area contributed by atoms with Crippen LogP contribution in [-0.4, -0.2) is 7.11 Å². The highest BCUT2D eigenvalue weighted by Gasteiger charge is 2.31. The quantitative estimate of drug-likeness (QED) is 0.183. The van der Waals surface area contributed by atoms with Crippen LogP contribution in [0.1, 0.15) is 5.56 Å². The molecule has 0 fully saturated rings. The molecule has 0 amide bonds. The molecular formula is C26H21FIO2S+. The first kappa shape index (κ1) is 21.7. The second-order valence-corrected chi connectivity index (χ2v) is 10.1. The molecule has 0 aliphatic rings. The number of rotatable bonds is 7. The Morgan fingerprint density at radius 3 is 1.90 bits per heavy atom. The maximum atomic E-state index is 15.1. The number of benzene rings is 4. The van der Waals surface area contributed by atoms with Crippen molar-refractivity contribution in [2.75, 3.05) is 7.11 Å². The maximum absolute atomic E-state index is 15.1. The van der Waals surface area contributed by atoms with Crippen molar-refractivity contribution >= 4 is 33.5 Å². The van der Waals surface area contributed by atoms with E-state index in [2.05, 4.69) is 46.9 Å². The third-order valence-corrected chi connectivity index (χ3v) is 7.60. The first-order valence-corrected chi connectivity index (χ1v) is 12.0. The molecule has 4 aromatic carbocycles. The third-order valence-electron chi connectivity index (χ3n) is 4.69. The van der Waals surface area contributed by atoms with Crippen molar-refractivity contribution < 1.29 is 13.9 Å². The van der Waals surface area contributed by atoms with Gasteiger partial charge < -0.3 is 9.47 Å². The van der Waals surface area contributed by atoms with Gasteiger partial charge in [0.25, 0.3) is 0 Å². The van der Waals surface area contributed by atoms with Crippen LogP contribution in [0, 0.1) is 9.39 Å². The predicted molar refractivity (Wildman–Crippen MR) is 131 cm³/mol. The van der Waals surface area contributed by atoms with Crippen molar-refractivity contribution in [3.63, 3.8) is 0 Å². The first-order valence-electron chi connectivity index (χ1n) is 9.75. The Labute approximate surface area is 198 Å². The second kappa shape index (κ2) is 10.2. The van der Waals surface area contributed by atoms with Gasteiger partial charge in [0.2, 0.25) is 0 Å². The summed E-state index contributed by atoms with van der Waals surface area (Å²) >= 11 is 2.27. The fraction of sp³-hybridized carbons (Fsp3) is 0.0769. The largest absolute Gasteiger partial charge is 0.490 e. The Kier molecular flexibility index (Phi) is 7.14. The van der Waals surface area contributed by atoms with Crippen LogP contribution in [0.3, 0.4) is 0 Å². The number of hydrogen-bond acceptors (Lipinski definition) is 2. The lowest BCUT2D eigenvalue weighted by molar-refractivity contribution is 0.276. The van der Waals surface area contributed by atoms with Gasteiger partial charge in [-0.25, -0.2) is 4.39 Å². The zero-order valence-corrected chi connectivity index (χ0v) is 19.9. The SMILES string of the molecule is COc1c(F)cc([S+](c2ccccc2)c2ccccc2)cc1OCc1ccc(I)cc1. The Balaban J connectivity index is 1.74. The van der Waals surface area contributed by atoms with Gasteiger partial charge in [-0.15, -0.1) is 0 Å². The highest BCUT2D eigenvalue weighted by Crippen LogP contribution is 2.39. The number of hydrogen-bond donors (Lipinski definition) is 0. The summed E-state index contributed by atoms with van der Waals surface area (Å²) in [5.41, 5.74) is 1.01. The van der Waals surface area contributed by atoms with Crippen molar-refractivity contribution in [1.29, 1.82) is 0 Å². The first-order chi connectivity index (χ1) is 15.2. The van der Waals surface area contributed by atoms with Crippen LogP contribution in [0.15, 0.2) is 112 Å². The second-order valence-electron chi connectivity index (χ2n) is 6.78. The molecule has 0 aliphatic heterocycles. The van der Waals surface area contributed by atoms with E-state index in [4.69, 9.17) is 9.47 Å². The summed E-state index contributed by atoms with van der Waals surface area (Å²) in [6.07, 6.45) is 0. The summed E-state index contributed by atoms with van der Waals surface area (Å²) in [6, 6.07) is 31.8. The van der Waals surface area contributed by atoms with E-state index in [1.807, 2.05) is 66.7 Å². The van der Waals surface area contributed by atoms with Gasteiger partial charge in [-0.2, -0.15) is 0 Å². The summed E-state index contributed by atoms with van der Waals surface area (Å²) < 4.78 is 27.6. The van der Waals surface area contributed by atoms with Gasteiger partial charge in [0.15, 0.2) is 32.0 Å². The van der Waals surface area contributed by atoms with E-state index in [0.717, 1.165) is 23.8 Å². The minimum atomic E-state index is -0.473. The fourth-order valence-corrected chi connectivity index (χ4v) is 5.71. The third kappa shape index (κ3) is 5.22. The molecule has 0 unspecified atom stereocenters. The Morgan fingerprint density at radius 2 is 1.35 bits per heavy atom. The lowest BCUT2D eigenvalue weighted by Gasteiger charge is -2.14. The minimum Gasteiger partial charge on any atom is -0.490 e. The molecule has 0 radical (unpaired) electrons. The van der Waals surface area contributed by atoms with Gasteiger partial charge >= 0.3 is 0 Å². The van der Waals surface area contributed by atoms with Crippen LogP contribution in [-0.2, 0) is 17.5 Å². The van der Waals surface area contributed by atoms with Gasteiger partial charge in [0.1, 0.15) is 6.61 Å². The van der Waals surface area contributed by atoms with E-state index in [-0.39, 0.29) is 5.75 Å². The van der Waals surface area contributed by atoms with E-state index in [0.29, 0.717) is 12.4 Å². The highest BCUT2D eigenvalue weighted by atomic mass is 127. The van der Waals surface area contributed by atoms with Gasteiger partial charge in [-0.3, -0.25) is 0 Å². The molecule has 0 aliphatic carbocycles. The van der Waals surface area contributed by atoms with Crippen molar-refractivity contribution in [2.45, 2.75) is 21.3 Å². The summed E-state index contributed by atoms with van der Waals surface area (Å²) in [7, 11) is 0.989. The highest BCUT2D eigenvalue weighted by molar-refractivity contribution is 14.1. The van der Waals surface area contributed by atoms with Crippen molar-refractivity contribution in [2.24, 2.45) is 0 Å². The summed E-state index contributed by atoms with van der Waals surface area (Å²) in [6.45, 7) is 0.334. The molecule has 31 heavy (non-hydrogen) atoms. The molecule has 0 aromatic heterocycles. The molecule has 4 aromatic rings. The van der Waals surface area contributed by atoms with Gasteiger partial charge in [0, 0.05) is 15.7 Å². The summed E-state index contributed by atoms with van der Waals surface area (Å²) in [5, 5.41) is 0. The van der Waals surface area contributed by atoms with Gasteiger partial charge in [0.05, 0.1) is 18.0 Å². The van der Waals surface area contributed by atoms with Crippen molar-refractivity contribution in [1.82, 2.24) is 0 Å². The standard InChI is InChI=1S/C26H21FIO2S/c1-29-26-24(27)16-23(17-25(26)30-18-19-12-14-20(28)15-13-19)31(21-8-4-2-5-9-21)22-10-6-3-7-11-22/h2-17H,18H2,1H3/q+1. The van der Waals surface area contributed by atoms with E-state index in [9.17, 15) is 0 Å². The minimum absolute atomic E-state index is 0.124. The molecule has 0 atom stereocenters. The predicted octanol–water partition coefficient (Wildman–Crippen LogP) is 7.11. The van der Waals surface area contributed by atoms with Crippen LogP contribution in [0.25, 0.3) is 0 Å². The summed E-state index contributed by atoms with van der Waals surface area (Å²) in [5.74, 6) is 0.0984. The van der Waals surface area contributed by atoms with Crippen LogP contribution < -0.4 is 9.47 Å². The van der Waals surface area contributed by atoms with Crippen LogP contribution in [0.5, 0.6) is 11.5 Å². The molecule has 0 bridgehead atoms. The van der Waals surface area contributed by atoms with E-state index in [1.165, 1.54) is 7.11 Å². The molecule has 0 spiro atoms. The monoisotopic (exact) mass is 543 g/mol. The smallest absolute Gasteiger partial charge is 0.197 e. The summed E-state index contributed by atoms with van der Waals surface area (Å²) in [4.78, 5) is 3.07. The van der Waals surface area contributed by atoms with Gasteiger partial charge in [-0.05, 0) is 64.6 Å². The molecule has 156 valence electrons. The lowest BCUT2D eigenvalue weighted by Crippen LogP contribution is -2.07. The van der Waals surface area contributed by atoms with E-state index >= 15 is 4.39 Å². The molecule has 0 saturated heterocycles. The van der Waals surface area contributed by atoms with Crippen molar-refractivity contribution in [3.05, 3.63) is 112 Å². The van der Waals surface area contributed by atoms with Crippen LogP contribution in [0.2, 0.25) is 0 Å².